The molecule has 0 unspecified atom stereocenters. The van der Waals surface area contributed by atoms with Gasteiger partial charge in [0, 0.05) is 24.3 Å². The van der Waals surface area contributed by atoms with E-state index in [4.69, 9.17) is 10.5 Å². The molecule has 5 N–H and O–H groups in total. The van der Waals surface area contributed by atoms with Crippen molar-refractivity contribution in [2.24, 2.45) is 5.73 Å². The molecule has 1 fully saturated rings. The van der Waals surface area contributed by atoms with E-state index in [1.807, 2.05) is 5.38 Å². The summed E-state index contributed by atoms with van der Waals surface area (Å²) in [5.74, 6) is -0.711. The smallest absolute Gasteiger partial charge is 0.265 e. The van der Waals surface area contributed by atoms with Crippen LogP contribution in [0.2, 0.25) is 0 Å². The fourth-order valence-corrected chi connectivity index (χ4v) is 3.43. The Hall–Kier alpha value is -1.94. The van der Waals surface area contributed by atoms with Crippen LogP contribution in [0.25, 0.3) is 11.3 Å². The molecule has 3 rings (SSSR count). The molecule has 0 aromatic carbocycles. The Balaban J connectivity index is 0.00000225. The van der Waals surface area contributed by atoms with Gasteiger partial charge in [-0.15, -0.1) is 23.7 Å². The molecule has 0 saturated carbocycles. The molecule has 0 atom stereocenters. The standard InChI is InChI=1S/C15H19N5O3S.ClH/c1-23-15(2-4-17-5-3-15)13(22)20-14-19-11(8-24-14)9-6-10(12(16)21)18-7-9;/h6-8,17-18H,2-5H2,1H3,(H2,16,21)(H,19,20,22);1H. The first-order valence-electron chi connectivity index (χ1n) is 7.55. The van der Waals surface area contributed by atoms with Gasteiger partial charge in [-0.3, -0.25) is 14.9 Å². The zero-order chi connectivity index (χ0) is 17.2. The average molecular weight is 386 g/mol. The number of halogens is 1. The molecular weight excluding hydrogens is 366 g/mol. The Morgan fingerprint density at radius 1 is 1.40 bits per heavy atom. The Morgan fingerprint density at radius 2 is 2.12 bits per heavy atom. The number of piperidine rings is 1. The van der Waals surface area contributed by atoms with Gasteiger partial charge in [0.2, 0.25) is 0 Å². The van der Waals surface area contributed by atoms with Gasteiger partial charge in [-0.1, -0.05) is 0 Å². The number of carbonyl (C=O) groups is 2. The van der Waals surface area contributed by atoms with E-state index in [0.29, 0.717) is 29.4 Å². The van der Waals surface area contributed by atoms with Gasteiger partial charge in [-0.2, -0.15) is 0 Å². The first-order chi connectivity index (χ1) is 11.5. The van der Waals surface area contributed by atoms with Gasteiger partial charge in [-0.05, 0) is 32.0 Å². The summed E-state index contributed by atoms with van der Waals surface area (Å²) in [4.78, 5) is 30.9. The number of carbonyl (C=O) groups excluding carboxylic acids is 2. The van der Waals surface area contributed by atoms with Gasteiger partial charge >= 0.3 is 0 Å². The lowest BCUT2D eigenvalue weighted by molar-refractivity contribution is -0.140. The molecule has 1 aliphatic rings. The number of hydrogen-bond donors (Lipinski definition) is 4. The largest absolute Gasteiger partial charge is 0.368 e. The predicted octanol–water partition coefficient (Wildman–Crippen LogP) is 1.37. The molecule has 0 bridgehead atoms. The predicted molar refractivity (Wildman–Crippen MR) is 98.1 cm³/mol. The molecule has 1 aliphatic heterocycles. The summed E-state index contributed by atoms with van der Waals surface area (Å²) in [5, 5.41) is 8.36. The van der Waals surface area contributed by atoms with Crippen LogP contribution < -0.4 is 16.4 Å². The number of nitrogens with one attached hydrogen (secondary N) is 3. The van der Waals surface area contributed by atoms with E-state index in [0.717, 1.165) is 18.7 Å². The molecule has 25 heavy (non-hydrogen) atoms. The number of thiazole rings is 1. The normalized spacial score (nSPS) is 16.0. The van der Waals surface area contributed by atoms with Crippen molar-refractivity contribution in [2.45, 2.75) is 18.4 Å². The summed E-state index contributed by atoms with van der Waals surface area (Å²) < 4.78 is 5.50. The lowest BCUT2D eigenvalue weighted by Crippen LogP contribution is -2.51. The van der Waals surface area contributed by atoms with Crippen molar-refractivity contribution >= 4 is 40.7 Å². The Labute approximate surface area is 155 Å². The van der Waals surface area contributed by atoms with Crippen LogP contribution in [-0.2, 0) is 9.53 Å². The third-order valence-corrected chi connectivity index (χ3v) is 4.94. The second-order valence-electron chi connectivity index (χ2n) is 5.61. The molecular formula is C15H20ClN5O3S. The minimum atomic E-state index is -0.815. The summed E-state index contributed by atoms with van der Waals surface area (Å²) in [7, 11) is 1.56. The number of hydrogen-bond acceptors (Lipinski definition) is 6. The van der Waals surface area contributed by atoms with Gasteiger partial charge in [0.25, 0.3) is 11.8 Å². The highest BCUT2D eigenvalue weighted by molar-refractivity contribution is 7.14. The van der Waals surface area contributed by atoms with Crippen LogP contribution in [0.1, 0.15) is 23.3 Å². The summed E-state index contributed by atoms with van der Waals surface area (Å²) >= 11 is 1.32. The number of aromatic amines is 1. The number of nitrogens with zero attached hydrogens (tertiary/aromatic N) is 1. The first kappa shape index (κ1) is 19.4. The summed E-state index contributed by atoms with van der Waals surface area (Å²) in [6.07, 6.45) is 2.89. The zero-order valence-corrected chi connectivity index (χ0v) is 15.3. The number of rotatable bonds is 5. The summed E-state index contributed by atoms with van der Waals surface area (Å²) in [6.45, 7) is 1.48. The van der Waals surface area contributed by atoms with Crippen LogP contribution in [0.3, 0.4) is 0 Å². The molecule has 0 radical (unpaired) electrons. The molecule has 2 aromatic rings. The number of nitrogens with two attached hydrogens (primary N) is 1. The van der Waals surface area contributed by atoms with Crippen molar-refractivity contribution in [1.82, 2.24) is 15.3 Å². The third kappa shape index (κ3) is 4.01. The summed E-state index contributed by atoms with van der Waals surface area (Å²) in [5.41, 5.74) is 6.13. The number of anilines is 1. The molecule has 136 valence electrons. The maximum atomic E-state index is 12.6. The van der Waals surface area contributed by atoms with Crippen LogP contribution >= 0.6 is 23.7 Å². The van der Waals surface area contributed by atoms with Crippen LogP contribution in [0.15, 0.2) is 17.6 Å². The maximum absolute atomic E-state index is 12.6. The number of ether oxygens (including phenoxy) is 1. The SMILES string of the molecule is COC1(C(=O)Nc2nc(-c3c[nH]c(C(N)=O)c3)cs2)CCNCC1.Cl. The molecule has 2 aromatic heterocycles. The van der Waals surface area contributed by atoms with E-state index < -0.39 is 11.5 Å². The van der Waals surface area contributed by atoms with Gasteiger partial charge in [0.15, 0.2) is 5.13 Å². The van der Waals surface area contributed by atoms with Gasteiger partial charge < -0.3 is 20.8 Å². The van der Waals surface area contributed by atoms with Crippen molar-refractivity contribution in [2.75, 3.05) is 25.5 Å². The van der Waals surface area contributed by atoms with Crippen molar-refractivity contribution in [3.63, 3.8) is 0 Å². The van der Waals surface area contributed by atoms with Gasteiger partial charge in [-0.25, -0.2) is 4.98 Å². The van der Waals surface area contributed by atoms with Crippen molar-refractivity contribution < 1.29 is 14.3 Å². The van der Waals surface area contributed by atoms with E-state index in [9.17, 15) is 9.59 Å². The van der Waals surface area contributed by atoms with E-state index in [2.05, 4.69) is 20.6 Å². The average Bonchev–Trinajstić information content (AvgIpc) is 3.24. The van der Waals surface area contributed by atoms with E-state index >= 15 is 0 Å². The Morgan fingerprint density at radius 3 is 2.72 bits per heavy atom. The third-order valence-electron chi connectivity index (χ3n) is 4.18. The highest BCUT2D eigenvalue weighted by atomic mass is 35.5. The highest BCUT2D eigenvalue weighted by Crippen LogP contribution is 2.28. The zero-order valence-electron chi connectivity index (χ0n) is 13.6. The van der Waals surface area contributed by atoms with Gasteiger partial charge in [0.1, 0.15) is 11.3 Å². The molecule has 1 saturated heterocycles. The van der Waals surface area contributed by atoms with Crippen LogP contribution in [-0.4, -0.2) is 47.6 Å². The Kier molecular flexibility index (Phi) is 6.17. The number of amides is 2. The number of aromatic nitrogens is 2. The Bertz CT molecular complexity index is 754. The van der Waals surface area contributed by atoms with Crippen LogP contribution in [0.5, 0.6) is 0 Å². The monoisotopic (exact) mass is 385 g/mol. The molecule has 8 nitrogen and oxygen atoms in total. The number of primary amides is 1. The summed E-state index contributed by atoms with van der Waals surface area (Å²) in [6, 6.07) is 1.63. The first-order valence-corrected chi connectivity index (χ1v) is 8.43. The lowest BCUT2D eigenvalue weighted by atomic mass is 9.91. The molecule has 0 aliphatic carbocycles. The fraction of sp³-hybridized carbons (Fsp3) is 0.400. The minimum Gasteiger partial charge on any atom is -0.368 e. The number of methoxy groups -OCH3 is 1. The van der Waals surface area contributed by atoms with Crippen molar-refractivity contribution in [3.8, 4) is 11.3 Å². The second kappa shape index (κ2) is 7.96. The van der Waals surface area contributed by atoms with Crippen LogP contribution in [0.4, 0.5) is 5.13 Å². The molecule has 3 heterocycles. The fourth-order valence-electron chi connectivity index (χ4n) is 2.71. The van der Waals surface area contributed by atoms with Crippen LogP contribution in [0, 0.1) is 0 Å². The second-order valence-corrected chi connectivity index (χ2v) is 6.46. The topological polar surface area (TPSA) is 122 Å². The minimum absolute atomic E-state index is 0. The quantitative estimate of drug-likeness (QED) is 0.619. The molecule has 0 spiro atoms. The lowest BCUT2D eigenvalue weighted by Gasteiger charge is -2.34. The van der Waals surface area contributed by atoms with Crippen molar-refractivity contribution in [3.05, 3.63) is 23.3 Å². The van der Waals surface area contributed by atoms with E-state index in [-0.39, 0.29) is 18.3 Å². The van der Waals surface area contributed by atoms with E-state index in [1.165, 1.54) is 11.3 Å². The highest BCUT2D eigenvalue weighted by Gasteiger charge is 2.40. The number of H-pyrrole nitrogens is 1. The van der Waals surface area contributed by atoms with Crippen molar-refractivity contribution in [1.29, 1.82) is 0 Å². The maximum Gasteiger partial charge on any atom is 0.265 e. The van der Waals surface area contributed by atoms with Gasteiger partial charge in [0.05, 0.1) is 5.69 Å². The molecule has 10 heteroatoms. The molecule has 2 amide bonds. The van der Waals surface area contributed by atoms with E-state index in [1.54, 1.807) is 19.4 Å².